The zero-order valence-electron chi connectivity index (χ0n) is 10.3. The molecule has 1 N–H and O–H groups in total. The molecule has 0 unspecified atom stereocenters. The van der Waals surface area contributed by atoms with E-state index in [2.05, 4.69) is 0 Å². The Morgan fingerprint density at radius 3 is 1.85 bits per heavy atom. The van der Waals surface area contributed by atoms with Crippen molar-refractivity contribution >= 4 is 48.3 Å². The lowest BCUT2D eigenvalue weighted by atomic mass is 10.5. The smallest absolute Gasteiger partial charge is 0.331 e. The minimum absolute atomic E-state index is 0.184. The van der Waals surface area contributed by atoms with Gasteiger partial charge in [-0.05, 0) is 13.8 Å². The SMILES string of the molecule is CCOP(=O)(OCC)[C@H](NC(=O)C(F)(F)F)C(Cl)(Cl)Cl. The molecule has 1 atom stereocenters. The standard InChI is InChI=1S/C8H12Cl3F3NO4P/c1-3-18-20(17,19-4-2)6(7(9,10)11)15-5(16)8(12,13)14/h6H,3-4H2,1-2H3,(H,15,16)/t6-/m0/s1. The highest BCUT2D eigenvalue weighted by atomic mass is 35.6. The van der Waals surface area contributed by atoms with Crippen molar-refractivity contribution < 1.29 is 31.6 Å². The van der Waals surface area contributed by atoms with Crippen LogP contribution in [0.2, 0.25) is 0 Å². The summed E-state index contributed by atoms with van der Waals surface area (Å²) in [4.78, 5) is 10.9. The van der Waals surface area contributed by atoms with Gasteiger partial charge in [0.1, 0.15) is 0 Å². The van der Waals surface area contributed by atoms with E-state index in [9.17, 15) is 22.5 Å². The summed E-state index contributed by atoms with van der Waals surface area (Å²) in [7, 11) is -4.30. The van der Waals surface area contributed by atoms with Gasteiger partial charge < -0.3 is 14.4 Å². The third kappa shape index (κ3) is 5.95. The molecule has 0 saturated carbocycles. The number of nitrogens with one attached hydrogen (secondary N) is 1. The lowest BCUT2D eigenvalue weighted by molar-refractivity contribution is -0.173. The first-order valence-electron chi connectivity index (χ1n) is 5.21. The van der Waals surface area contributed by atoms with Crippen LogP contribution in [0.5, 0.6) is 0 Å². The molecule has 1 amide bonds. The molecule has 0 aliphatic heterocycles. The van der Waals surface area contributed by atoms with Crippen molar-refractivity contribution in [1.82, 2.24) is 5.32 Å². The van der Waals surface area contributed by atoms with Crippen LogP contribution in [0.3, 0.4) is 0 Å². The zero-order valence-corrected chi connectivity index (χ0v) is 13.5. The van der Waals surface area contributed by atoms with Crippen LogP contribution in [0.1, 0.15) is 13.8 Å². The summed E-state index contributed by atoms with van der Waals surface area (Å²) < 4.78 is 56.1. The fraction of sp³-hybridized carbons (Fsp3) is 0.875. The molecule has 0 aromatic carbocycles. The molecule has 5 nitrogen and oxygen atoms in total. The van der Waals surface area contributed by atoms with Crippen LogP contribution in [-0.4, -0.2) is 34.9 Å². The number of halogens is 6. The molecule has 0 heterocycles. The van der Waals surface area contributed by atoms with E-state index in [1.807, 2.05) is 0 Å². The Balaban J connectivity index is 5.45. The number of amides is 1. The molecule has 0 bridgehead atoms. The van der Waals surface area contributed by atoms with Crippen molar-refractivity contribution in [2.24, 2.45) is 0 Å². The van der Waals surface area contributed by atoms with E-state index in [0.717, 1.165) is 0 Å². The highest BCUT2D eigenvalue weighted by Crippen LogP contribution is 2.59. The Morgan fingerprint density at radius 2 is 1.60 bits per heavy atom. The highest BCUT2D eigenvalue weighted by molar-refractivity contribution is 7.55. The molecular formula is C8H12Cl3F3NO4P. The average molecular weight is 381 g/mol. The first-order chi connectivity index (χ1) is 8.88. The van der Waals surface area contributed by atoms with Crippen LogP contribution in [0.15, 0.2) is 0 Å². The van der Waals surface area contributed by atoms with Crippen molar-refractivity contribution in [3.05, 3.63) is 0 Å². The summed E-state index contributed by atoms with van der Waals surface area (Å²) in [6.07, 6.45) is -5.24. The molecule has 12 heteroatoms. The van der Waals surface area contributed by atoms with Gasteiger partial charge in [-0.1, -0.05) is 34.8 Å². The molecule has 0 fully saturated rings. The van der Waals surface area contributed by atoms with E-state index >= 15 is 0 Å². The molecule has 120 valence electrons. The Hall–Kier alpha value is 0.280. The zero-order chi connectivity index (χ0) is 16.2. The monoisotopic (exact) mass is 379 g/mol. The second-order valence-electron chi connectivity index (χ2n) is 3.29. The van der Waals surface area contributed by atoms with Crippen molar-refractivity contribution in [3.63, 3.8) is 0 Å². The number of carbonyl (C=O) groups is 1. The maximum Gasteiger partial charge on any atom is 0.471 e. The summed E-state index contributed by atoms with van der Waals surface area (Å²) in [6.45, 7) is 2.45. The highest BCUT2D eigenvalue weighted by Gasteiger charge is 2.53. The normalized spacial score (nSPS) is 15.0. The van der Waals surface area contributed by atoms with Crippen LogP contribution < -0.4 is 5.32 Å². The molecule has 0 spiro atoms. The molecule has 0 aromatic rings. The van der Waals surface area contributed by atoms with E-state index < -0.39 is 29.3 Å². The van der Waals surface area contributed by atoms with Crippen molar-refractivity contribution in [2.75, 3.05) is 13.2 Å². The first kappa shape index (κ1) is 20.3. The van der Waals surface area contributed by atoms with Gasteiger partial charge in [0.2, 0.25) is 3.79 Å². The number of alkyl halides is 6. The van der Waals surface area contributed by atoms with Crippen molar-refractivity contribution in [3.8, 4) is 0 Å². The van der Waals surface area contributed by atoms with Gasteiger partial charge in [-0.2, -0.15) is 13.2 Å². The summed E-state index contributed by atoms with van der Waals surface area (Å²) in [5.74, 6) is -4.53. The molecular weight excluding hydrogens is 368 g/mol. The Labute approximate surface area is 128 Å². The van der Waals surface area contributed by atoms with Crippen LogP contribution in [0.4, 0.5) is 13.2 Å². The fourth-order valence-corrected chi connectivity index (χ4v) is 4.06. The van der Waals surface area contributed by atoms with Crippen LogP contribution in [-0.2, 0) is 18.4 Å². The van der Waals surface area contributed by atoms with E-state index in [0.29, 0.717) is 0 Å². The Bertz CT molecular complexity index is 378. The number of rotatable bonds is 6. The average Bonchev–Trinajstić information content (AvgIpc) is 2.22. The largest absolute Gasteiger partial charge is 0.471 e. The molecule has 20 heavy (non-hydrogen) atoms. The summed E-state index contributed by atoms with van der Waals surface area (Å²) in [5, 5.41) is 1.33. The fourth-order valence-electron chi connectivity index (χ4n) is 1.09. The minimum Gasteiger partial charge on any atom is -0.331 e. The summed E-state index contributed by atoms with van der Waals surface area (Å²) in [5.41, 5.74) is 0. The topological polar surface area (TPSA) is 64.6 Å². The summed E-state index contributed by atoms with van der Waals surface area (Å²) in [6, 6.07) is 0. The van der Waals surface area contributed by atoms with Crippen molar-refractivity contribution in [2.45, 2.75) is 29.6 Å². The second kappa shape index (κ2) is 7.51. The first-order valence-corrected chi connectivity index (χ1v) is 7.96. The quantitative estimate of drug-likeness (QED) is 0.565. The van der Waals surface area contributed by atoms with Gasteiger partial charge in [-0.25, -0.2) is 0 Å². The Morgan fingerprint density at radius 1 is 1.20 bits per heavy atom. The van der Waals surface area contributed by atoms with Crippen LogP contribution in [0, 0.1) is 0 Å². The van der Waals surface area contributed by atoms with E-state index in [1.165, 1.54) is 19.2 Å². The second-order valence-corrected chi connectivity index (χ2v) is 7.77. The molecule has 0 aromatic heterocycles. The van der Waals surface area contributed by atoms with Gasteiger partial charge in [0, 0.05) is 0 Å². The van der Waals surface area contributed by atoms with Gasteiger partial charge in [0.15, 0.2) is 5.78 Å². The van der Waals surface area contributed by atoms with E-state index in [-0.39, 0.29) is 13.2 Å². The predicted octanol–water partition coefficient (Wildman–Crippen LogP) is 3.63. The van der Waals surface area contributed by atoms with E-state index in [1.54, 1.807) is 0 Å². The number of carbonyl (C=O) groups excluding carboxylic acids is 1. The third-order valence-electron chi connectivity index (χ3n) is 1.77. The molecule has 0 aliphatic rings. The molecule has 0 rings (SSSR count). The minimum atomic E-state index is -5.24. The number of hydrogen-bond acceptors (Lipinski definition) is 4. The van der Waals surface area contributed by atoms with Crippen LogP contribution in [0.25, 0.3) is 0 Å². The maximum atomic E-state index is 12.3. The number of hydrogen-bond donors (Lipinski definition) is 1. The van der Waals surface area contributed by atoms with Gasteiger partial charge in [-0.15, -0.1) is 0 Å². The third-order valence-corrected chi connectivity index (χ3v) is 5.27. The predicted molar refractivity (Wildman–Crippen MR) is 69.1 cm³/mol. The van der Waals surface area contributed by atoms with E-state index in [4.69, 9.17) is 43.9 Å². The lowest BCUT2D eigenvalue weighted by Crippen LogP contribution is -2.49. The van der Waals surface area contributed by atoms with Gasteiger partial charge >= 0.3 is 19.7 Å². The van der Waals surface area contributed by atoms with Crippen LogP contribution >= 0.6 is 42.4 Å². The Kier molecular flexibility index (Phi) is 7.62. The van der Waals surface area contributed by atoms with Gasteiger partial charge in [0.25, 0.3) is 0 Å². The molecule has 0 aliphatic carbocycles. The van der Waals surface area contributed by atoms with Gasteiger partial charge in [0.05, 0.1) is 13.2 Å². The molecule has 0 radical (unpaired) electrons. The maximum absolute atomic E-state index is 12.3. The molecule has 0 saturated heterocycles. The van der Waals surface area contributed by atoms with Crippen molar-refractivity contribution in [1.29, 1.82) is 0 Å². The summed E-state index contributed by atoms with van der Waals surface area (Å²) >= 11 is 16.4. The lowest BCUT2D eigenvalue weighted by Gasteiger charge is -2.31. The van der Waals surface area contributed by atoms with Gasteiger partial charge in [-0.3, -0.25) is 9.36 Å².